The van der Waals surface area contributed by atoms with Gasteiger partial charge in [0.2, 0.25) is 0 Å². The highest BCUT2D eigenvalue weighted by molar-refractivity contribution is 6.36. The van der Waals surface area contributed by atoms with Crippen LogP contribution in [0.1, 0.15) is 33.3 Å². The smallest absolute Gasteiger partial charge is 0.373 e. The van der Waals surface area contributed by atoms with E-state index in [1.165, 1.54) is 14.2 Å². The van der Waals surface area contributed by atoms with Crippen LogP contribution >= 0.6 is 0 Å². The SMILES string of the molecule is COC(OC)(O[SiH](OC(C)C)OC(C)C)c1ccccc1. The predicted octanol–water partition coefficient (Wildman–Crippen LogP) is 2.67. The molecule has 120 valence electrons. The Balaban J connectivity index is 2.97. The van der Waals surface area contributed by atoms with E-state index in [0.29, 0.717) is 0 Å². The first kappa shape index (κ1) is 18.3. The Labute approximate surface area is 129 Å². The monoisotopic (exact) mass is 314 g/mol. The van der Waals surface area contributed by atoms with Gasteiger partial charge in [0, 0.05) is 32.0 Å². The van der Waals surface area contributed by atoms with Crippen molar-refractivity contribution in [1.82, 2.24) is 0 Å². The summed E-state index contributed by atoms with van der Waals surface area (Å²) in [6.45, 7) is 7.77. The van der Waals surface area contributed by atoms with Gasteiger partial charge >= 0.3 is 15.5 Å². The number of benzene rings is 1. The molecule has 1 aromatic rings. The van der Waals surface area contributed by atoms with Gasteiger partial charge < -0.3 is 22.8 Å². The van der Waals surface area contributed by atoms with Crippen molar-refractivity contribution in [3.05, 3.63) is 35.9 Å². The average Bonchev–Trinajstić information content (AvgIpc) is 2.44. The molecule has 0 amide bonds. The Kier molecular flexibility index (Phi) is 7.51. The molecule has 21 heavy (non-hydrogen) atoms. The maximum absolute atomic E-state index is 5.99. The molecular formula is C15H26O5Si. The third-order valence-electron chi connectivity index (χ3n) is 2.68. The quantitative estimate of drug-likeness (QED) is 0.518. The fraction of sp³-hybridized carbons (Fsp3) is 0.600. The van der Waals surface area contributed by atoms with Crippen molar-refractivity contribution in [2.45, 2.75) is 45.9 Å². The van der Waals surface area contributed by atoms with E-state index in [1.807, 2.05) is 58.0 Å². The number of hydrogen-bond acceptors (Lipinski definition) is 5. The van der Waals surface area contributed by atoms with Crippen molar-refractivity contribution in [2.24, 2.45) is 0 Å². The van der Waals surface area contributed by atoms with Crippen LogP contribution < -0.4 is 0 Å². The summed E-state index contributed by atoms with van der Waals surface area (Å²) in [4.78, 5) is 0. The molecule has 0 aliphatic heterocycles. The fourth-order valence-corrected chi connectivity index (χ4v) is 3.43. The minimum Gasteiger partial charge on any atom is -0.373 e. The van der Waals surface area contributed by atoms with Crippen molar-refractivity contribution in [3.63, 3.8) is 0 Å². The molecule has 0 saturated heterocycles. The van der Waals surface area contributed by atoms with Crippen molar-refractivity contribution in [3.8, 4) is 0 Å². The Morgan fingerprint density at radius 2 is 1.33 bits per heavy atom. The summed E-state index contributed by atoms with van der Waals surface area (Å²) in [5.41, 5.74) is 0.757. The average molecular weight is 314 g/mol. The van der Waals surface area contributed by atoms with Crippen LogP contribution in [0, 0.1) is 0 Å². The number of methoxy groups -OCH3 is 2. The molecule has 5 nitrogen and oxygen atoms in total. The topological polar surface area (TPSA) is 46.2 Å². The van der Waals surface area contributed by atoms with Crippen LogP contribution in [0.2, 0.25) is 0 Å². The van der Waals surface area contributed by atoms with E-state index in [-0.39, 0.29) is 12.2 Å². The van der Waals surface area contributed by atoms with Crippen LogP contribution in [-0.2, 0) is 28.7 Å². The lowest BCUT2D eigenvalue weighted by Crippen LogP contribution is -2.44. The second-order valence-electron chi connectivity index (χ2n) is 5.11. The minimum absolute atomic E-state index is 0.00241. The van der Waals surface area contributed by atoms with Gasteiger partial charge in [-0.2, -0.15) is 0 Å². The first-order valence-corrected chi connectivity index (χ1v) is 8.49. The maximum atomic E-state index is 5.99. The highest BCUT2D eigenvalue weighted by atomic mass is 28.3. The fourth-order valence-electron chi connectivity index (χ4n) is 1.78. The predicted molar refractivity (Wildman–Crippen MR) is 82.8 cm³/mol. The lowest BCUT2D eigenvalue weighted by molar-refractivity contribution is -0.348. The summed E-state index contributed by atoms with van der Waals surface area (Å²) in [6.07, 6.45) is 0.00482. The Morgan fingerprint density at radius 1 is 0.857 bits per heavy atom. The lowest BCUT2D eigenvalue weighted by Gasteiger charge is -2.34. The Hall–Kier alpha value is -0.763. The second-order valence-corrected chi connectivity index (χ2v) is 6.46. The Morgan fingerprint density at radius 3 is 1.71 bits per heavy atom. The summed E-state index contributed by atoms with van der Waals surface area (Å²) in [5, 5.41) is 0. The summed E-state index contributed by atoms with van der Waals surface area (Å²) < 4.78 is 28.5. The van der Waals surface area contributed by atoms with Crippen molar-refractivity contribution >= 4 is 9.53 Å². The van der Waals surface area contributed by atoms with Crippen molar-refractivity contribution in [2.75, 3.05) is 14.2 Å². The molecule has 0 aromatic heterocycles. The molecule has 0 aliphatic carbocycles. The number of hydrogen-bond donors (Lipinski definition) is 0. The molecule has 0 fully saturated rings. The summed E-state index contributed by atoms with van der Waals surface area (Å²) in [6, 6.07) is 9.47. The number of rotatable bonds is 9. The zero-order valence-electron chi connectivity index (χ0n) is 13.7. The van der Waals surface area contributed by atoms with Gasteiger partial charge in [0.25, 0.3) is 0 Å². The van der Waals surface area contributed by atoms with Gasteiger partial charge in [-0.1, -0.05) is 30.3 Å². The van der Waals surface area contributed by atoms with Gasteiger partial charge in [-0.05, 0) is 27.7 Å². The molecule has 0 aliphatic rings. The molecule has 0 unspecified atom stereocenters. The van der Waals surface area contributed by atoms with E-state index in [1.54, 1.807) is 0 Å². The molecule has 0 heterocycles. The van der Waals surface area contributed by atoms with Crippen molar-refractivity contribution in [1.29, 1.82) is 0 Å². The Bertz CT molecular complexity index is 382. The van der Waals surface area contributed by atoms with Gasteiger partial charge in [0.1, 0.15) is 0 Å². The van der Waals surface area contributed by atoms with Crippen LogP contribution in [0.4, 0.5) is 0 Å². The van der Waals surface area contributed by atoms with Gasteiger partial charge in [0.15, 0.2) is 0 Å². The zero-order chi connectivity index (χ0) is 15.9. The highest BCUT2D eigenvalue weighted by Crippen LogP contribution is 2.29. The molecule has 6 heteroatoms. The molecule has 0 spiro atoms. The molecule has 0 N–H and O–H groups in total. The molecule has 0 bridgehead atoms. The van der Waals surface area contributed by atoms with Gasteiger partial charge in [-0.15, -0.1) is 0 Å². The van der Waals surface area contributed by atoms with Crippen LogP contribution in [0.15, 0.2) is 30.3 Å². The third-order valence-corrected chi connectivity index (χ3v) is 4.72. The van der Waals surface area contributed by atoms with Crippen LogP contribution in [-0.4, -0.2) is 36.0 Å². The first-order valence-electron chi connectivity index (χ1n) is 7.08. The zero-order valence-corrected chi connectivity index (χ0v) is 14.8. The summed E-state index contributed by atoms with van der Waals surface area (Å²) in [5.74, 6) is -1.32. The number of ether oxygens (including phenoxy) is 2. The van der Waals surface area contributed by atoms with E-state index in [4.69, 9.17) is 22.8 Å². The van der Waals surface area contributed by atoms with E-state index in [9.17, 15) is 0 Å². The summed E-state index contributed by atoms with van der Waals surface area (Å²) in [7, 11) is 0.639. The summed E-state index contributed by atoms with van der Waals surface area (Å²) >= 11 is 0. The molecule has 1 rings (SSSR count). The van der Waals surface area contributed by atoms with Crippen molar-refractivity contribution < 1.29 is 22.8 Å². The lowest BCUT2D eigenvalue weighted by atomic mass is 10.2. The standard InChI is InChI=1S/C15H26O5Si/c1-12(2)18-21(19-13(3)4)20-15(16-5,17-6)14-10-8-7-9-11-14/h7-13,21H,1-6H3. The molecule has 0 atom stereocenters. The van der Waals surface area contributed by atoms with Gasteiger partial charge in [0.05, 0.1) is 0 Å². The van der Waals surface area contributed by atoms with Gasteiger partial charge in [-0.3, -0.25) is 0 Å². The minimum atomic E-state index is -2.43. The van der Waals surface area contributed by atoms with E-state index in [2.05, 4.69) is 0 Å². The highest BCUT2D eigenvalue weighted by Gasteiger charge is 2.39. The van der Waals surface area contributed by atoms with E-state index in [0.717, 1.165) is 5.56 Å². The third kappa shape index (κ3) is 5.50. The van der Waals surface area contributed by atoms with Gasteiger partial charge in [-0.25, -0.2) is 0 Å². The largest absolute Gasteiger partial charge is 0.488 e. The first-order chi connectivity index (χ1) is 9.93. The maximum Gasteiger partial charge on any atom is 0.488 e. The molecule has 0 radical (unpaired) electrons. The van der Waals surface area contributed by atoms with E-state index >= 15 is 0 Å². The second kappa shape index (κ2) is 8.62. The van der Waals surface area contributed by atoms with E-state index < -0.39 is 15.5 Å². The van der Waals surface area contributed by atoms with Crippen LogP contribution in [0.3, 0.4) is 0 Å². The van der Waals surface area contributed by atoms with Crippen LogP contribution in [0.25, 0.3) is 0 Å². The molecule has 0 saturated carbocycles. The molecular weight excluding hydrogens is 288 g/mol. The normalized spacial score (nSPS) is 12.6. The molecule has 1 aromatic carbocycles. The van der Waals surface area contributed by atoms with Crippen LogP contribution in [0.5, 0.6) is 0 Å².